The first kappa shape index (κ1) is 13.0. The molecule has 1 aromatic carbocycles. The quantitative estimate of drug-likeness (QED) is 0.799. The highest BCUT2D eigenvalue weighted by atomic mass is 16.5. The van der Waals surface area contributed by atoms with Crippen LogP contribution in [0.2, 0.25) is 0 Å². The molecule has 0 bridgehead atoms. The van der Waals surface area contributed by atoms with Crippen molar-refractivity contribution in [1.82, 2.24) is 0 Å². The molecule has 1 unspecified atom stereocenters. The highest BCUT2D eigenvalue weighted by molar-refractivity contribution is 5.29. The van der Waals surface area contributed by atoms with Crippen LogP contribution in [-0.4, -0.2) is 12.6 Å². The predicted molar refractivity (Wildman–Crippen MR) is 68.9 cm³/mol. The summed E-state index contributed by atoms with van der Waals surface area (Å²) < 4.78 is 5.61. The van der Waals surface area contributed by atoms with E-state index >= 15 is 0 Å². The third-order valence-corrected chi connectivity index (χ3v) is 2.66. The van der Waals surface area contributed by atoms with Gasteiger partial charge in [-0.05, 0) is 56.8 Å². The van der Waals surface area contributed by atoms with E-state index < -0.39 is 0 Å². The molecule has 1 aromatic rings. The number of ether oxygens (including phenoxy) is 1. The molecule has 1 rings (SSSR count). The van der Waals surface area contributed by atoms with Gasteiger partial charge in [0.1, 0.15) is 5.75 Å². The standard InChI is InChI=1S/C14H23NO/c1-11(2)16-14-8-6-13(7-9-14)12(3)5-4-10-15/h6-9,11-12H,4-5,10,15H2,1-3H3. The van der Waals surface area contributed by atoms with E-state index in [2.05, 4.69) is 19.1 Å². The number of hydrogen-bond acceptors (Lipinski definition) is 2. The van der Waals surface area contributed by atoms with Crippen LogP contribution in [0.25, 0.3) is 0 Å². The average molecular weight is 221 g/mol. The predicted octanol–water partition coefficient (Wildman–Crippen LogP) is 3.32. The van der Waals surface area contributed by atoms with Crippen LogP contribution >= 0.6 is 0 Å². The maximum atomic E-state index is 5.61. The van der Waals surface area contributed by atoms with Crippen molar-refractivity contribution in [2.75, 3.05) is 6.54 Å². The molecule has 0 fully saturated rings. The minimum absolute atomic E-state index is 0.237. The van der Waals surface area contributed by atoms with E-state index in [-0.39, 0.29) is 6.10 Å². The van der Waals surface area contributed by atoms with Crippen molar-refractivity contribution < 1.29 is 4.74 Å². The van der Waals surface area contributed by atoms with E-state index in [4.69, 9.17) is 10.5 Å². The minimum Gasteiger partial charge on any atom is -0.491 e. The van der Waals surface area contributed by atoms with E-state index in [1.54, 1.807) is 0 Å². The van der Waals surface area contributed by atoms with Crippen molar-refractivity contribution in [2.24, 2.45) is 5.73 Å². The molecule has 0 heterocycles. The Labute approximate surface area is 98.8 Å². The normalized spacial score (nSPS) is 12.8. The summed E-state index contributed by atoms with van der Waals surface area (Å²) in [6.45, 7) is 7.10. The van der Waals surface area contributed by atoms with Crippen molar-refractivity contribution >= 4 is 0 Å². The van der Waals surface area contributed by atoms with Crippen LogP contribution in [0.15, 0.2) is 24.3 Å². The van der Waals surface area contributed by atoms with Crippen LogP contribution in [0, 0.1) is 0 Å². The Hall–Kier alpha value is -1.02. The highest BCUT2D eigenvalue weighted by Crippen LogP contribution is 2.23. The highest BCUT2D eigenvalue weighted by Gasteiger charge is 2.05. The number of hydrogen-bond donors (Lipinski definition) is 1. The molecular weight excluding hydrogens is 198 g/mol. The van der Waals surface area contributed by atoms with Gasteiger partial charge in [0.2, 0.25) is 0 Å². The van der Waals surface area contributed by atoms with Crippen molar-refractivity contribution in [3.8, 4) is 5.75 Å². The molecule has 0 aliphatic carbocycles. The summed E-state index contributed by atoms with van der Waals surface area (Å²) in [5.41, 5.74) is 6.88. The molecule has 0 saturated carbocycles. The second-order valence-electron chi connectivity index (χ2n) is 4.57. The van der Waals surface area contributed by atoms with Crippen molar-refractivity contribution in [3.05, 3.63) is 29.8 Å². The molecule has 0 aliphatic heterocycles. The molecule has 2 N–H and O–H groups in total. The number of nitrogens with two attached hydrogens (primary N) is 1. The van der Waals surface area contributed by atoms with E-state index in [9.17, 15) is 0 Å². The second kappa shape index (κ2) is 6.54. The van der Waals surface area contributed by atoms with Gasteiger partial charge in [0.05, 0.1) is 6.10 Å². The monoisotopic (exact) mass is 221 g/mol. The van der Waals surface area contributed by atoms with Gasteiger partial charge in [0.15, 0.2) is 0 Å². The fourth-order valence-corrected chi connectivity index (χ4v) is 1.74. The van der Waals surface area contributed by atoms with Crippen LogP contribution in [0.4, 0.5) is 0 Å². The van der Waals surface area contributed by atoms with Crippen molar-refractivity contribution in [2.45, 2.75) is 45.6 Å². The van der Waals surface area contributed by atoms with Crippen LogP contribution in [0.3, 0.4) is 0 Å². The number of rotatable bonds is 6. The van der Waals surface area contributed by atoms with E-state index in [0.29, 0.717) is 5.92 Å². The zero-order valence-electron chi connectivity index (χ0n) is 10.6. The van der Waals surface area contributed by atoms with Gasteiger partial charge in [-0.1, -0.05) is 19.1 Å². The van der Waals surface area contributed by atoms with Crippen LogP contribution < -0.4 is 10.5 Å². The summed E-state index contributed by atoms with van der Waals surface area (Å²) >= 11 is 0. The summed E-state index contributed by atoms with van der Waals surface area (Å²) in [4.78, 5) is 0. The second-order valence-corrected chi connectivity index (χ2v) is 4.57. The smallest absolute Gasteiger partial charge is 0.119 e. The molecule has 0 radical (unpaired) electrons. The van der Waals surface area contributed by atoms with Gasteiger partial charge in [0, 0.05) is 0 Å². The van der Waals surface area contributed by atoms with Gasteiger partial charge in [-0.25, -0.2) is 0 Å². The van der Waals surface area contributed by atoms with Gasteiger partial charge >= 0.3 is 0 Å². The number of benzene rings is 1. The topological polar surface area (TPSA) is 35.2 Å². The Balaban J connectivity index is 2.56. The Morgan fingerprint density at radius 3 is 2.25 bits per heavy atom. The van der Waals surface area contributed by atoms with Gasteiger partial charge in [-0.2, -0.15) is 0 Å². The molecule has 0 aromatic heterocycles. The molecule has 0 saturated heterocycles. The molecule has 1 atom stereocenters. The molecular formula is C14H23NO. The van der Waals surface area contributed by atoms with Crippen LogP contribution in [0.1, 0.15) is 45.1 Å². The first-order valence-corrected chi connectivity index (χ1v) is 6.10. The van der Waals surface area contributed by atoms with Gasteiger partial charge in [-0.3, -0.25) is 0 Å². The Morgan fingerprint density at radius 2 is 1.75 bits per heavy atom. The third-order valence-electron chi connectivity index (χ3n) is 2.66. The van der Waals surface area contributed by atoms with Gasteiger partial charge < -0.3 is 10.5 Å². The lowest BCUT2D eigenvalue weighted by molar-refractivity contribution is 0.242. The minimum atomic E-state index is 0.237. The molecule has 16 heavy (non-hydrogen) atoms. The fourth-order valence-electron chi connectivity index (χ4n) is 1.74. The Bertz CT molecular complexity index is 292. The maximum Gasteiger partial charge on any atom is 0.119 e. The van der Waals surface area contributed by atoms with Crippen LogP contribution in [-0.2, 0) is 0 Å². The maximum absolute atomic E-state index is 5.61. The zero-order valence-corrected chi connectivity index (χ0v) is 10.6. The molecule has 0 aliphatic rings. The summed E-state index contributed by atoms with van der Waals surface area (Å²) in [6.07, 6.45) is 2.48. The molecule has 2 heteroatoms. The lowest BCUT2D eigenvalue weighted by atomic mass is 9.96. The lowest BCUT2D eigenvalue weighted by Crippen LogP contribution is -2.05. The largest absolute Gasteiger partial charge is 0.491 e. The van der Waals surface area contributed by atoms with Gasteiger partial charge in [0.25, 0.3) is 0 Å². The average Bonchev–Trinajstić information content (AvgIpc) is 2.26. The fraction of sp³-hybridized carbons (Fsp3) is 0.571. The zero-order chi connectivity index (χ0) is 12.0. The summed E-state index contributed by atoms with van der Waals surface area (Å²) in [5, 5.41) is 0. The molecule has 90 valence electrons. The van der Waals surface area contributed by atoms with E-state index in [0.717, 1.165) is 25.1 Å². The first-order chi connectivity index (χ1) is 7.63. The van der Waals surface area contributed by atoms with Crippen molar-refractivity contribution in [3.63, 3.8) is 0 Å². The Kier molecular flexibility index (Phi) is 5.33. The van der Waals surface area contributed by atoms with Crippen LogP contribution in [0.5, 0.6) is 5.75 Å². The first-order valence-electron chi connectivity index (χ1n) is 6.10. The van der Waals surface area contributed by atoms with E-state index in [1.165, 1.54) is 5.56 Å². The molecule has 0 spiro atoms. The summed E-state index contributed by atoms with van der Waals surface area (Å²) in [5.74, 6) is 1.53. The van der Waals surface area contributed by atoms with E-state index in [1.807, 2.05) is 26.0 Å². The van der Waals surface area contributed by atoms with Gasteiger partial charge in [-0.15, -0.1) is 0 Å². The third kappa shape index (κ3) is 4.23. The SMILES string of the molecule is CC(C)Oc1ccc(C(C)CCCN)cc1. The Morgan fingerprint density at radius 1 is 1.12 bits per heavy atom. The lowest BCUT2D eigenvalue weighted by Gasteiger charge is -2.13. The molecule has 0 amide bonds. The summed E-state index contributed by atoms with van der Waals surface area (Å²) in [6, 6.07) is 8.40. The summed E-state index contributed by atoms with van der Waals surface area (Å²) in [7, 11) is 0. The molecule has 2 nitrogen and oxygen atoms in total. The van der Waals surface area contributed by atoms with Crippen molar-refractivity contribution in [1.29, 1.82) is 0 Å².